The number of aliphatic imine (C=N–C) groups is 1. The van der Waals surface area contributed by atoms with E-state index in [9.17, 15) is 21.6 Å². The molecule has 0 spiro atoms. The lowest BCUT2D eigenvalue weighted by Crippen LogP contribution is -2.45. The van der Waals surface area contributed by atoms with Gasteiger partial charge < -0.3 is 15.7 Å². The lowest BCUT2D eigenvalue weighted by molar-refractivity contribution is -0.0496. The second kappa shape index (κ2) is 10.6. The second-order valence-corrected chi connectivity index (χ2v) is 7.09. The van der Waals surface area contributed by atoms with E-state index in [1.807, 2.05) is 6.92 Å². The zero-order chi connectivity index (χ0) is 17.5. The lowest BCUT2D eigenvalue weighted by atomic mass is 9.98. The van der Waals surface area contributed by atoms with Crippen molar-refractivity contribution >= 4 is 40.0 Å². The van der Waals surface area contributed by atoms with Gasteiger partial charge in [0.25, 0.3) is 0 Å². The molecule has 7 nitrogen and oxygen atoms in total. The summed E-state index contributed by atoms with van der Waals surface area (Å²) in [6.07, 6.45) is 0.663. The van der Waals surface area contributed by atoms with Crippen LogP contribution >= 0.6 is 24.0 Å². The molecule has 144 valence electrons. The van der Waals surface area contributed by atoms with Crippen LogP contribution in [-0.4, -0.2) is 68.6 Å². The number of rotatable bonds is 6. The molecule has 12 heteroatoms. The fourth-order valence-electron chi connectivity index (χ4n) is 2.22. The molecule has 1 aliphatic rings. The van der Waals surface area contributed by atoms with Crippen molar-refractivity contribution in [3.63, 3.8) is 0 Å². The standard InChI is InChI=1S/C12H23F3N4O3S.HI/c1-2-16-11(17-5-8-20)18-9-10-3-6-19(7-4-10)23(21,22)12(13,14)15;/h10,20H,2-9H2,1H3,(H2,16,17,18);1H. The number of nitrogens with one attached hydrogen (secondary N) is 2. The van der Waals surface area contributed by atoms with Crippen molar-refractivity contribution in [1.29, 1.82) is 0 Å². The van der Waals surface area contributed by atoms with Gasteiger partial charge in [0.1, 0.15) is 0 Å². The number of aliphatic hydroxyl groups excluding tert-OH is 1. The van der Waals surface area contributed by atoms with E-state index in [4.69, 9.17) is 5.11 Å². The molecule has 0 aliphatic carbocycles. The van der Waals surface area contributed by atoms with Gasteiger partial charge in [0.05, 0.1) is 6.61 Å². The predicted molar refractivity (Wildman–Crippen MR) is 95.8 cm³/mol. The summed E-state index contributed by atoms with van der Waals surface area (Å²) in [7, 11) is -5.23. The number of halogens is 4. The van der Waals surface area contributed by atoms with Crippen LogP contribution in [0.3, 0.4) is 0 Å². The molecule has 1 heterocycles. The van der Waals surface area contributed by atoms with Gasteiger partial charge in [-0.25, -0.2) is 8.42 Å². The van der Waals surface area contributed by atoms with Crippen molar-refractivity contribution in [1.82, 2.24) is 14.9 Å². The number of nitrogens with zero attached hydrogens (tertiary/aromatic N) is 2. The normalized spacial score (nSPS) is 18.1. The van der Waals surface area contributed by atoms with Gasteiger partial charge >= 0.3 is 15.5 Å². The van der Waals surface area contributed by atoms with E-state index in [0.717, 1.165) is 0 Å². The maximum Gasteiger partial charge on any atom is 0.511 e. The van der Waals surface area contributed by atoms with Gasteiger partial charge in [-0.15, -0.1) is 24.0 Å². The van der Waals surface area contributed by atoms with E-state index in [1.165, 1.54) is 0 Å². The van der Waals surface area contributed by atoms with E-state index >= 15 is 0 Å². The van der Waals surface area contributed by atoms with Gasteiger partial charge in [-0.3, -0.25) is 4.99 Å². The number of alkyl halides is 3. The van der Waals surface area contributed by atoms with E-state index < -0.39 is 15.5 Å². The van der Waals surface area contributed by atoms with Crippen molar-refractivity contribution < 1.29 is 26.7 Å². The summed E-state index contributed by atoms with van der Waals surface area (Å²) in [5.74, 6) is 0.547. The minimum absolute atomic E-state index is 0. The summed E-state index contributed by atoms with van der Waals surface area (Å²) in [5, 5.41) is 14.7. The van der Waals surface area contributed by atoms with Crippen molar-refractivity contribution in [2.75, 3.05) is 39.3 Å². The molecular weight excluding hydrogens is 464 g/mol. The highest BCUT2D eigenvalue weighted by molar-refractivity contribution is 14.0. The first-order chi connectivity index (χ1) is 10.7. The van der Waals surface area contributed by atoms with Crippen LogP contribution < -0.4 is 10.6 Å². The smallest absolute Gasteiger partial charge is 0.395 e. The fraction of sp³-hybridized carbons (Fsp3) is 0.917. The molecule has 1 rings (SSSR count). The highest BCUT2D eigenvalue weighted by Crippen LogP contribution is 2.30. The van der Waals surface area contributed by atoms with Gasteiger partial charge in [-0.05, 0) is 25.7 Å². The van der Waals surface area contributed by atoms with Crippen LogP contribution in [0.4, 0.5) is 13.2 Å². The molecule has 1 fully saturated rings. The monoisotopic (exact) mass is 488 g/mol. The Labute approximate surface area is 157 Å². The van der Waals surface area contributed by atoms with Crippen LogP contribution in [0.5, 0.6) is 0 Å². The van der Waals surface area contributed by atoms with E-state index in [1.54, 1.807) is 0 Å². The predicted octanol–water partition coefficient (Wildman–Crippen LogP) is 0.713. The molecule has 0 saturated carbocycles. The summed E-state index contributed by atoms with van der Waals surface area (Å²) >= 11 is 0. The second-order valence-electron chi connectivity index (χ2n) is 5.16. The van der Waals surface area contributed by atoms with Gasteiger partial charge in [0.15, 0.2) is 5.96 Å². The molecule has 1 aliphatic heterocycles. The maximum absolute atomic E-state index is 12.5. The first-order valence-corrected chi connectivity index (χ1v) is 8.85. The van der Waals surface area contributed by atoms with Crippen LogP contribution in [0.25, 0.3) is 0 Å². The maximum atomic E-state index is 12.5. The molecule has 0 unspecified atom stereocenters. The summed E-state index contributed by atoms with van der Waals surface area (Å²) in [5.41, 5.74) is -5.25. The molecule has 0 radical (unpaired) electrons. The van der Waals surface area contributed by atoms with Gasteiger partial charge in [-0.2, -0.15) is 17.5 Å². The minimum Gasteiger partial charge on any atom is -0.395 e. The third-order valence-corrected chi connectivity index (χ3v) is 5.09. The number of sulfonamides is 1. The Balaban J connectivity index is 0.00000529. The Hall–Kier alpha value is -0.340. The lowest BCUT2D eigenvalue weighted by Gasteiger charge is -2.30. The van der Waals surface area contributed by atoms with Crippen LogP contribution in [0.15, 0.2) is 4.99 Å². The fourth-order valence-corrected chi connectivity index (χ4v) is 3.20. The van der Waals surface area contributed by atoms with Crippen molar-refractivity contribution in [2.45, 2.75) is 25.3 Å². The van der Waals surface area contributed by atoms with E-state index in [0.29, 0.717) is 42.7 Å². The van der Waals surface area contributed by atoms with E-state index in [2.05, 4.69) is 15.6 Å². The highest BCUT2D eigenvalue weighted by atomic mass is 127. The van der Waals surface area contributed by atoms with Gasteiger partial charge in [0, 0.05) is 32.7 Å². The quantitative estimate of drug-likeness (QED) is 0.291. The van der Waals surface area contributed by atoms with Crippen LogP contribution in [0.2, 0.25) is 0 Å². The molecule has 0 aromatic carbocycles. The number of hydrogen-bond donors (Lipinski definition) is 3. The molecule has 24 heavy (non-hydrogen) atoms. The van der Waals surface area contributed by atoms with Gasteiger partial charge in [-0.1, -0.05) is 0 Å². The molecule has 0 atom stereocenters. The van der Waals surface area contributed by atoms with Crippen molar-refractivity contribution in [2.24, 2.45) is 10.9 Å². The third kappa shape index (κ3) is 6.88. The number of aliphatic hydroxyl groups is 1. The van der Waals surface area contributed by atoms with Crippen LogP contribution in [0, 0.1) is 5.92 Å². The molecule has 3 N–H and O–H groups in total. The summed E-state index contributed by atoms with van der Waals surface area (Å²) < 4.78 is 60.6. The molecule has 1 saturated heterocycles. The minimum atomic E-state index is -5.25. The number of guanidine groups is 1. The topological polar surface area (TPSA) is 94.0 Å². The Bertz CT molecular complexity index is 494. The SMILES string of the molecule is CCNC(=NCC1CCN(S(=O)(=O)C(F)(F)F)CC1)NCCO.I. The zero-order valence-electron chi connectivity index (χ0n) is 13.3. The summed E-state index contributed by atoms with van der Waals surface area (Å²) in [4.78, 5) is 4.30. The molecular formula is C12H24F3IN4O3S. The molecule has 0 aromatic heterocycles. The first kappa shape index (κ1) is 23.7. The van der Waals surface area contributed by atoms with Crippen molar-refractivity contribution in [3.05, 3.63) is 0 Å². The summed E-state index contributed by atoms with van der Waals surface area (Å²) in [6.45, 7) is 2.91. The Morgan fingerprint density at radius 1 is 1.29 bits per heavy atom. The van der Waals surface area contributed by atoms with Gasteiger partial charge in [0.2, 0.25) is 0 Å². The Kier molecular flexibility index (Phi) is 10.5. The largest absolute Gasteiger partial charge is 0.511 e. The highest BCUT2D eigenvalue weighted by Gasteiger charge is 2.50. The van der Waals surface area contributed by atoms with Crippen LogP contribution in [-0.2, 0) is 10.0 Å². The van der Waals surface area contributed by atoms with Crippen LogP contribution in [0.1, 0.15) is 19.8 Å². The first-order valence-electron chi connectivity index (χ1n) is 7.41. The number of hydrogen-bond acceptors (Lipinski definition) is 4. The molecule has 0 amide bonds. The van der Waals surface area contributed by atoms with E-state index in [-0.39, 0.29) is 49.6 Å². The third-order valence-electron chi connectivity index (χ3n) is 3.46. The average Bonchev–Trinajstić information content (AvgIpc) is 2.49. The number of piperidine rings is 1. The summed E-state index contributed by atoms with van der Waals surface area (Å²) in [6, 6.07) is 0. The average molecular weight is 488 g/mol. The molecule has 0 bridgehead atoms. The van der Waals surface area contributed by atoms with Crippen molar-refractivity contribution in [3.8, 4) is 0 Å². The Morgan fingerprint density at radius 2 is 1.88 bits per heavy atom. The zero-order valence-corrected chi connectivity index (χ0v) is 16.5. The molecule has 0 aromatic rings. The Morgan fingerprint density at radius 3 is 2.33 bits per heavy atom.